The molecule has 2 amide bonds. The van der Waals surface area contributed by atoms with Crippen molar-refractivity contribution in [3.63, 3.8) is 0 Å². The van der Waals surface area contributed by atoms with Crippen LogP contribution in [0.1, 0.15) is 23.3 Å². The predicted octanol–water partition coefficient (Wildman–Crippen LogP) is -0.337. The van der Waals surface area contributed by atoms with Crippen molar-refractivity contribution in [2.75, 3.05) is 6.54 Å². The lowest BCUT2D eigenvalue weighted by Crippen LogP contribution is -2.45. The van der Waals surface area contributed by atoms with Gasteiger partial charge in [0.2, 0.25) is 11.8 Å². The maximum absolute atomic E-state index is 12.1. The van der Waals surface area contributed by atoms with E-state index in [1.54, 1.807) is 6.07 Å². The minimum Gasteiger partial charge on any atom is -0.477 e. The normalized spacial score (nSPS) is 18.5. The van der Waals surface area contributed by atoms with Crippen molar-refractivity contribution in [1.82, 2.24) is 9.47 Å². The molecule has 0 aromatic carbocycles. The number of hydrogen-bond acceptors (Lipinski definition) is 3. The molecule has 0 bridgehead atoms. The number of aromatic nitrogens is 1. The van der Waals surface area contributed by atoms with Crippen molar-refractivity contribution in [2.45, 2.75) is 25.4 Å². The Morgan fingerprint density at radius 2 is 2.16 bits per heavy atom. The molecule has 7 nitrogen and oxygen atoms in total. The van der Waals surface area contributed by atoms with Gasteiger partial charge in [-0.2, -0.15) is 0 Å². The fraction of sp³-hybridized carbons (Fsp3) is 0.417. The highest BCUT2D eigenvalue weighted by Gasteiger charge is 2.32. The zero-order valence-corrected chi connectivity index (χ0v) is 10.3. The van der Waals surface area contributed by atoms with E-state index in [2.05, 4.69) is 0 Å². The van der Waals surface area contributed by atoms with E-state index < -0.39 is 17.9 Å². The molecule has 1 aromatic rings. The van der Waals surface area contributed by atoms with Gasteiger partial charge in [0, 0.05) is 12.7 Å². The Balaban J connectivity index is 2.11. The van der Waals surface area contributed by atoms with Crippen molar-refractivity contribution in [3.8, 4) is 0 Å². The fourth-order valence-corrected chi connectivity index (χ4v) is 2.34. The molecule has 102 valence electrons. The highest BCUT2D eigenvalue weighted by Crippen LogP contribution is 2.17. The first-order valence-corrected chi connectivity index (χ1v) is 5.98. The third kappa shape index (κ3) is 2.59. The largest absolute Gasteiger partial charge is 0.477 e. The lowest BCUT2D eigenvalue weighted by Gasteiger charge is -2.22. The summed E-state index contributed by atoms with van der Waals surface area (Å²) in [6.07, 6.45) is 2.83. The number of carboxylic acid groups (broad SMARTS) is 1. The average Bonchev–Trinajstić information content (AvgIpc) is 2.96. The van der Waals surface area contributed by atoms with Crippen LogP contribution in [0.25, 0.3) is 0 Å². The maximum atomic E-state index is 12.1. The van der Waals surface area contributed by atoms with Crippen molar-refractivity contribution in [2.24, 2.45) is 5.73 Å². The van der Waals surface area contributed by atoms with Crippen molar-refractivity contribution in [3.05, 3.63) is 24.0 Å². The molecule has 1 atom stereocenters. The molecule has 1 aromatic heterocycles. The van der Waals surface area contributed by atoms with Crippen LogP contribution in [0.15, 0.2) is 18.3 Å². The van der Waals surface area contributed by atoms with Gasteiger partial charge in [-0.25, -0.2) is 4.79 Å². The number of hydrogen-bond donors (Lipinski definition) is 2. The van der Waals surface area contributed by atoms with Gasteiger partial charge in [-0.1, -0.05) is 0 Å². The van der Waals surface area contributed by atoms with Crippen LogP contribution in [-0.4, -0.2) is 44.9 Å². The molecule has 3 N–H and O–H groups in total. The molecule has 0 spiro atoms. The van der Waals surface area contributed by atoms with Crippen molar-refractivity contribution in [1.29, 1.82) is 0 Å². The number of carbonyl (C=O) groups is 3. The highest BCUT2D eigenvalue weighted by atomic mass is 16.4. The average molecular weight is 265 g/mol. The van der Waals surface area contributed by atoms with Crippen LogP contribution in [0, 0.1) is 0 Å². The van der Waals surface area contributed by atoms with Gasteiger partial charge in [-0.3, -0.25) is 9.59 Å². The molecule has 0 aliphatic carbocycles. The molecular formula is C12H15N3O4. The SMILES string of the molecule is NC(=O)C1CCCN1C(=O)Cn1cccc1C(=O)O. The monoisotopic (exact) mass is 265 g/mol. The molecule has 0 radical (unpaired) electrons. The molecule has 1 saturated heterocycles. The summed E-state index contributed by atoms with van der Waals surface area (Å²) in [6.45, 7) is 0.383. The van der Waals surface area contributed by atoms with Crippen LogP contribution < -0.4 is 5.73 Å². The molecule has 1 fully saturated rings. The van der Waals surface area contributed by atoms with Crippen LogP contribution in [0.2, 0.25) is 0 Å². The molecular weight excluding hydrogens is 250 g/mol. The summed E-state index contributed by atoms with van der Waals surface area (Å²) in [6, 6.07) is 2.41. The summed E-state index contributed by atoms with van der Waals surface area (Å²) in [5.41, 5.74) is 5.29. The number of amides is 2. The number of nitrogens with two attached hydrogens (primary N) is 1. The van der Waals surface area contributed by atoms with E-state index in [1.807, 2.05) is 0 Å². The summed E-state index contributed by atoms with van der Waals surface area (Å²) in [7, 11) is 0. The Kier molecular flexibility index (Phi) is 3.55. The van der Waals surface area contributed by atoms with E-state index in [1.165, 1.54) is 21.7 Å². The minimum absolute atomic E-state index is 0.0446. The number of rotatable bonds is 4. The molecule has 1 aliphatic heterocycles. The topological polar surface area (TPSA) is 106 Å². The van der Waals surface area contributed by atoms with Gasteiger partial charge in [0.05, 0.1) is 0 Å². The summed E-state index contributed by atoms with van der Waals surface area (Å²) in [4.78, 5) is 35.7. The molecule has 1 aliphatic rings. The fourth-order valence-electron chi connectivity index (χ4n) is 2.34. The Hall–Kier alpha value is -2.31. The highest BCUT2D eigenvalue weighted by molar-refractivity contribution is 5.89. The number of carbonyl (C=O) groups excluding carboxylic acids is 2. The standard InChI is InChI=1S/C12H15N3O4/c13-11(17)8-3-2-6-15(8)10(16)7-14-5-1-4-9(14)12(18)19/h1,4-5,8H,2-3,6-7H2,(H2,13,17)(H,18,19). The maximum Gasteiger partial charge on any atom is 0.352 e. The first-order chi connectivity index (χ1) is 9.00. The van der Waals surface area contributed by atoms with E-state index in [9.17, 15) is 14.4 Å². The van der Waals surface area contributed by atoms with E-state index in [-0.39, 0.29) is 18.1 Å². The van der Waals surface area contributed by atoms with Crippen LogP contribution in [0.4, 0.5) is 0 Å². The Morgan fingerprint density at radius 1 is 1.42 bits per heavy atom. The summed E-state index contributed by atoms with van der Waals surface area (Å²) in [5, 5.41) is 8.95. The number of likely N-dealkylation sites (tertiary alicyclic amines) is 1. The first kappa shape index (κ1) is 13.1. The van der Waals surface area contributed by atoms with E-state index in [0.29, 0.717) is 13.0 Å². The van der Waals surface area contributed by atoms with Crippen molar-refractivity contribution >= 4 is 17.8 Å². The Labute approximate surface area is 109 Å². The van der Waals surface area contributed by atoms with Gasteiger partial charge < -0.3 is 20.3 Å². The quantitative estimate of drug-likeness (QED) is 0.777. The molecule has 0 saturated carbocycles. The minimum atomic E-state index is -1.09. The number of primary amides is 1. The van der Waals surface area contributed by atoms with Gasteiger partial charge in [0.1, 0.15) is 18.3 Å². The van der Waals surface area contributed by atoms with E-state index >= 15 is 0 Å². The van der Waals surface area contributed by atoms with Gasteiger partial charge in [-0.05, 0) is 25.0 Å². The molecule has 7 heteroatoms. The number of aromatic carboxylic acids is 1. The second-order valence-electron chi connectivity index (χ2n) is 4.47. The Bertz CT molecular complexity index is 523. The summed E-state index contributed by atoms with van der Waals surface area (Å²) in [5.74, 6) is -1.90. The predicted molar refractivity (Wildman–Crippen MR) is 65.3 cm³/mol. The zero-order chi connectivity index (χ0) is 14.0. The zero-order valence-electron chi connectivity index (χ0n) is 10.3. The van der Waals surface area contributed by atoms with Gasteiger partial charge in [-0.15, -0.1) is 0 Å². The smallest absolute Gasteiger partial charge is 0.352 e. The lowest BCUT2D eigenvalue weighted by molar-refractivity contribution is -0.137. The number of carboxylic acids is 1. The third-order valence-electron chi connectivity index (χ3n) is 3.26. The van der Waals surface area contributed by atoms with E-state index in [4.69, 9.17) is 10.8 Å². The van der Waals surface area contributed by atoms with Gasteiger partial charge in [0.15, 0.2) is 0 Å². The van der Waals surface area contributed by atoms with Gasteiger partial charge in [0.25, 0.3) is 0 Å². The molecule has 19 heavy (non-hydrogen) atoms. The lowest BCUT2D eigenvalue weighted by atomic mass is 10.2. The van der Waals surface area contributed by atoms with Crippen LogP contribution in [-0.2, 0) is 16.1 Å². The molecule has 1 unspecified atom stereocenters. The second-order valence-corrected chi connectivity index (χ2v) is 4.47. The molecule has 2 rings (SSSR count). The van der Waals surface area contributed by atoms with Crippen LogP contribution >= 0.6 is 0 Å². The third-order valence-corrected chi connectivity index (χ3v) is 3.26. The second kappa shape index (κ2) is 5.13. The van der Waals surface area contributed by atoms with Crippen LogP contribution in [0.5, 0.6) is 0 Å². The first-order valence-electron chi connectivity index (χ1n) is 5.98. The summed E-state index contributed by atoms with van der Waals surface area (Å²) >= 11 is 0. The van der Waals surface area contributed by atoms with Crippen molar-refractivity contribution < 1.29 is 19.5 Å². The Morgan fingerprint density at radius 3 is 2.79 bits per heavy atom. The summed E-state index contributed by atoms with van der Waals surface area (Å²) < 4.78 is 1.35. The molecule has 2 heterocycles. The van der Waals surface area contributed by atoms with Crippen LogP contribution in [0.3, 0.4) is 0 Å². The van der Waals surface area contributed by atoms with Gasteiger partial charge >= 0.3 is 5.97 Å². The number of nitrogens with zero attached hydrogens (tertiary/aromatic N) is 2. The van der Waals surface area contributed by atoms with E-state index in [0.717, 1.165) is 6.42 Å².